The van der Waals surface area contributed by atoms with Gasteiger partial charge in [0.1, 0.15) is 16.6 Å². The summed E-state index contributed by atoms with van der Waals surface area (Å²) in [4.78, 5) is 15.0. The topological polar surface area (TPSA) is 39.2 Å². The molecule has 0 saturated heterocycles. The Bertz CT molecular complexity index is 548. The van der Waals surface area contributed by atoms with Crippen LogP contribution in [0, 0.1) is 11.6 Å². The van der Waals surface area contributed by atoms with Crippen molar-refractivity contribution in [2.24, 2.45) is 0 Å². The van der Waals surface area contributed by atoms with Crippen molar-refractivity contribution in [3.63, 3.8) is 0 Å². The highest BCUT2D eigenvalue weighted by atomic mass is 32.1. The quantitative estimate of drug-likeness (QED) is 0.774. The smallest absolute Gasteiger partial charge is 0.357 e. The minimum atomic E-state index is -0.712. The zero-order valence-corrected chi connectivity index (χ0v) is 9.55. The third-order valence-corrected chi connectivity index (χ3v) is 2.94. The van der Waals surface area contributed by atoms with Gasteiger partial charge in [0.25, 0.3) is 0 Å². The Hall–Kier alpha value is -1.82. The van der Waals surface area contributed by atoms with Crippen LogP contribution in [0.3, 0.4) is 0 Å². The summed E-state index contributed by atoms with van der Waals surface area (Å²) in [6.07, 6.45) is 0. The van der Waals surface area contributed by atoms with E-state index >= 15 is 0 Å². The van der Waals surface area contributed by atoms with Gasteiger partial charge in [0.2, 0.25) is 0 Å². The lowest BCUT2D eigenvalue weighted by Gasteiger charge is -1.99. The molecule has 0 amide bonds. The molecule has 6 heteroatoms. The van der Waals surface area contributed by atoms with Crippen LogP contribution in [0.15, 0.2) is 23.6 Å². The molecule has 0 saturated carbocycles. The standard InChI is InChI=1S/C11H7F2NO2S/c1-16-11(15)8-5-17-10(14-8)9-6(12)3-2-4-7(9)13/h2-5H,1H3. The summed E-state index contributed by atoms with van der Waals surface area (Å²) < 4.78 is 31.3. The van der Waals surface area contributed by atoms with Crippen molar-refractivity contribution in [2.75, 3.05) is 7.11 Å². The van der Waals surface area contributed by atoms with Gasteiger partial charge in [0.15, 0.2) is 5.69 Å². The fourth-order valence-electron chi connectivity index (χ4n) is 1.29. The van der Waals surface area contributed by atoms with Crippen LogP contribution in [0.5, 0.6) is 0 Å². The molecule has 1 aromatic carbocycles. The number of benzene rings is 1. The van der Waals surface area contributed by atoms with Crippen molar-refractivity contribution in [3.8, 4) is 10.6 Å². The van der Waals surface area contributed by atoms with Gasteiger partial charge in [-0.25, -0.2) is 18.6 Å². The number of hydrogen-bond acceptors (Lipinski definition) is 4. The van der Waals surface area contributed by atoms with Crippen LogP contribution in [-0.2, 0) is 4.74 Å². The number of esters is 1. The third-order valence-electron chi connectivity index (χ3n) is 2.08. The van der Waals surface area contributed by atoms with Gasteiger partial charge in [-0.1, -0.05) is 6.07 Å². The first kappa shape index (κ1) is 11.7. The molecular formula is C11H7F2NO2S. The predicted octanol–water partition coefficient (Wildman–Crippen LogP) is 2.87. The number of aromatic nitrogens is 1. The second-order valence-corrected chi connectivity index (χ2v) is 3.98. The van der Waals surface area contributed by atoms with E-state index in [2.05, 4.69) is 9.72 Å². The zero-order valence-electron chi connectivity index (χ0n) is 8.74. The fraction of sp³-hybridized carbons (Fsp3) is 0.0909. The molecule has 1 aromatic heterocycles. The highest BCUT2D eigenvalue weighted by molar-refractivity contribution is 7.13. The summed E-state index contributed by atoms with van der Waals surface area (Å²) in [5.74, 6) is -2.06. The lowest BCUT2D eigenvalue weighted by atomic mass is 10.2. The summed E-state index contributed by atoms with van der Waals surface area (Å²) >= 11 is 0.983. The maximum Gasteiger partial charge on any atom is 0.357 e. The van der Waals surface area contributed by atoms with Crippen LogP contribution >= 0.6 is 11.3 Å². The van der Waals surface area contributed by atoms with E-state index < -0.39 is 17.6 Å². The van der Waals surface area contributed by atoms with E-state index in [9.17, 15) is 13.6 Å². The maximum atomic E-state index is 13.4. The Labute approximate surface area is 99.7 Å². The van der Waals surface area contributed by atoms with E-state index in [1.807, 2.05) is 0 Å². The number of nitrogens with zero attached hydrogens (tertiary/aromatic N) is 1. The van der Waals surface area contributed by atoms with Crippen LogP contribution in [0.1, 0.15) is 10.5 Å². The van der Waals surface area contributed by atoms with Crippen LogP contribution in [0.2, 0.25) is 0 Å². The number of carbonyl (C=O) groups excluding carboxylic acids is 1. The van der Waals surface area contributed by atoms with Crippen LogP contribution in [-0.4, -0.2) is 18.1 Å². The number of halogens is 2. The van der Waals surface area contributed by atoms with Gasteiger partial charge in [-0.2, -0.15) is 0 Å². The maximum absolute atomic E-state index is 13.4. The van der Waals surface area contributed by atoms with Crippen LogP contribution < -0.4 is 0 Å². The molecule has 0 atom stereocenters. The second kappa shape index (κ2) is 4.58. The Morgan fingerprint density at radius 3 is 2.59 bits per heavy atom. The first-order chi connectivity index (χ1) is 8.13. The van der Waals surface area contributed by atoms with E-state index in [0.717, 1.165) is 23.5 Å². The Morgan fingerprint density at radius 2 is 2.00 bits per heavy atom. The Kier molecular flexibility index (Phi) is 3.14. The molecule has 0 fully saturated rings. The van der Waals surface area contributed by atoms with Gasteiger partial charge in [-0.3, -0.25) is 0 Å². The van der Waals surface area contributed by atoms with Gasteiger partial charge in [-0.05, 0) is 12.1 Å². The Balaban J connectivity index is 2.47. The van der Waals surface area contributed by atoms with Gasteiger partial charge < -0.3 is 4.74 Å². The average Bonchev–Trinajstić information content (AvgIpc) is 2.77. The first-order valence-electron chi connectivity index (χ1n) is 4.61. The molecule has 17 heavy (non-hydrogen) atoms. The molecule has 0 radical (unpaired) electrons. The van der Waals surface area contributed by atoms with Gasteiger partial charge in [-0.15, -0.1) is 11.3 Å². The summed E-state index contributed by atoms with van der Waals surface area (Å²) in [5, 5.41) is 1.51. The van der Waals surface area contributed by atoms with E-state index in [-0.39, 0.29) is 16.3 Å². The van der Waals surface area contributed by atoms with E-state index in [0.29, 0.717) is 0 Å². The monoisotopic (exact) mass is 255 g/mol. The molecule has 2 rings (SSSR count). The van der Waals surface area contributed by atoms with Gasteiger partial charge >= 0.3 is 5.97 Å². The van der Waals surface area contributed by atoms with Crippen LogP contribution in [0.4, 0.5) is 8.78 Å². The minimum absolute atomic E-state index is 0.0372. The van der Waals surface area contributed by atoms with Gasteiger partial charge in [0.05, 0.1) is 12.7 Å². The number of methoxy groups -OCH3 is 1. The van der Waals surface area contributed by atoms with E-state index in [1.165, 1.54) is 18.6 Å². The average molecular weight is 255 g/mol. The molecule has 0 bridgehead atoms. The van der Waals surface area contributed by atoms with Crippen molar-refractivity contribution < 1.29 is 18.3 Å². The van der Waals surface area contributed by atoms with E-state index in [4.69, 9.17) is 0 Å². The normalized spacial score (nSPS) is 10.3. The van der Waals surface area contributed by atoms with Crippen molar-refractivity contribution in [1.82, 2.24) is 4.98 Å². The molecule has 1 heterocycles. The lowest BCUT2D eigenvalue weighted by Crippen LogP contribution is -2.01. The molecule has 0 spiro atoms. The predicted molar refractivity (Wildman–Crippen MR) is 58.8 cm³/mol. The molecule has 2 aromatic rings. The molecule has 0 N–H and O–H groups in total. The minimum Gasteiger partial charge on any atom is -0.464 e. The van der Waals surface area contributed by atoms with Crippen molar-refractivity contribution in [2.45, 2.75) is 0 Å². The van der Waals surface area contributed by atoms with Crippen LogP contribution in [0.25, 0.3) is 10.6 Å². The number of hydrogen-bond donors (Lipinski definition) is 0. The van der Waals surface area contributed by atoms with Gasteiger partial charge in [0, 0.05) is 5.38 Å². The number of rotatable bonds is 2. The molecule has 0 unspecified atom stereocenters. The largest absolute Gasteiger partial charge is 0.464 e. The van der Waals surface area contributed by atoms with Crippen molar-refractivity contribution in [3.05, 3.63) is 40.9 Å². The lowest BCUT2D eigenvalue weighted by molar-refractivity contribution is 0.0595. The molecule has 3 nitrogen and oxygen atoms in total. The molecular weight excluding hydrogens is 248 g/mol. The van der Waals surface area contributed by atoms with Crippen molar-refractivity contribution >= 4 is 17.3 Å². The molecule has 0 aliphatic carbocycles. The number of carbonyl (C=O) groups is 1. The number of thiazole rings is 1. The highest BCUT2D eigenvalue weighted by Gasteiger charge is 2.17. The molecule has 88 valence electrons. The summed E-state index contributed by atoms with van der Waals surface area (Å²) in [5.41, 5.74) is -0.192. The van der Waals surface area contributed by atoms with E-state index in [1.54, 1.807) is 0 Å². The molecule has 0 aliphatic heterocycles. The highest BCUT2D eigenvalue weighted by Crippen LogP contribution is 2.28. The third kappa shape index (κ3) is 2.16. The summed E-state index contributed by atoms with van der Waals surface area (Å²) in [6, 6.07) is 3.54. The molecule has 0 aliphatic rings. The summed E-state index contributed by atoms with van der Waals surface area (Å²) in [7, 11) is 1.21. The SMILES string of the molecule is COC(=O)c1csc(-c2c(F)cccc2F)n1. The number of ether oxygens (including phenoxy) is 1. The second-order valence-electron chi connectivity index (χ2n) is 3.13. The zero-order chi connectivity index (χ0) is 12.4. The fourth-order valence-corrected chi connectivity index (χ4v) is 2.13. The van der Waals surface area contributed by atoms with Crippen molar-refractivity contribution in [1.29, 1.82) is 0 Å². The first-order valence-corrected chi connectivity index (χ1v) is 5.49. The Morgan fingerprint density at radius 1 is 1.35 bits per heavy atom. The summed E-state index contributed by atoms with van der Waals surface area (Å²) in [6.45, 7) is 0.